The molecule has 2 saturated carbocycles. The Morgan fingerprint density at radius 3 is 2.17 bits per heavy atom. The summed E-state index contributed by atoms with van der Waals surface area (Å²) < 4.78 is 11.0. The molecule has 0 saturated heterocycles. The fourth-order valence-electron chi connectivity index (χ4n) is 3.53. The van der Waals surface area contributed by atoms with Gasteiger partial charge in [0.2, 0.25) is 0 Å². The Kier molecular flexibility index (Phi) is 5.09. The van der Waals surface area contributed by atoms with Gasteiger partial charge in [0.25, 0.3) is 5.91 Å². The smallest absolute Gasteiger partial charge is 0.261 e. The number of methoxy groups -OCH3 is 1. The minimum Gasteiger partial charge on any atom is -0.493 e. The number of ether oxygens (including phenoxy) is 2. The highest BCUT2D eigenvalue weighted by Gasteiger charge is 2.38. The quantitative estimate of drug-likeness (QED) is 0.804. The number of amides is 1. The molecule has 2 aliphatic carbocycles. The number of para-hydroxylation sites is 2. The first-order chi connectivity index (χ1) is 11.2. The molecule has 0 aromatic heterocycles. The van der Waals surface area contributed by atoms with Crippen molar-refractivity contribution in [2.45, 2.75) is 57.5 Å². The van der Waals surface area contributed by atoms with E-state index in [9.17, 15) is 4.79 Å². The van der Waals surface area contributed by atoms with Crippen molar-refractivity contribution in [2.24, 2.45) is 5.92 Å². The molecule has 126 valence electrons. The molecule has 0 spiro atoms. The van der Waals surface area contributed by atoms with Gasteiger partial charge in [-0.3, -0.25) is 4.79 Å². The Balaban J connectivity index is 1.61. The Hall–Kier alpha value is -1.71. The van der Waals surface area contributed by atoms with Crippen LogP contribution >= 0.6 is 0 Å². The number of hydrogen-bond acceptors (Lipinski definition) is 3. The molecule has 3 rings (SSSR count). The average molecular weight is 317 g/mol. The van der Waals surface area contributed by atoms with E-state index in [0.29, 0.717) is 23.6 Å². The molecule has 2 fully saturated rings. The van der Waals surface area contributed by atoms with Gasteiger partial charge in [-0.1, -0.05) is 19.1 Å². The highest BCUT2D eigenvalue weighted by atomic mass is 16.5. The molecule has 1 aromatic carbocycles. The molecule has 4 nitrogen and oxygen atoms in total. The molecule has 1 amide bonds. The number of nitrogens with zero attached hydrogens (tertiary/aromatic N) is 1. The van der Waals surface area contributed by atoms with Gasteiger partial charge in [0.15, 0.2) is 18.1 Å². The molecule has 1 aromatic rings. The topological polar surface area (TPSA) is 38.8 Å². The van der Waals surface area contributed by atoms with Crippen LogP contribution in [0.3, 0.4) is 0 Å². The second-order valence-electron chi connectivity index (χ2n) is 6.89. The number of benzene rings is 1. The summed E-state index contributed by atoms with van der Waals surface area (Å²) in [6.07, 6.45) is 7.03. The van der Waals surface area contributed by atoms with Gasteiger partial charge in [0.1, 0.15) is 0 Å². The van der Waals surface area contributed by atoms with Crippen LogP contribution in [0.1, 0.15) is 45.4 Å². The summed E-state index contributed by atoms with van der Waals surface area (Å²) in [5.41, 5.74) is 0. The zero-order valence-electron chi connectivity index (χ0n) is 14.2. The molecule has 0 heterocycles. The molecule has 0 bridgehead atoms. The molecular weight excluding hydrogens is 290 g/mol. The van der Waals surface area contributed by atoms with Gasteiger partial charge in [-0.05, 0) is 56.6 Å². The van der Waals surface area contributed by atoms with Crippen molar-refractivity contribution in [3.05, 3.63) is 24.3 Å². The maximum absolute atomic E-state index is 12.7. The van der Waals surface area contributed by atoms with Gasteiger partial charge in [-0.15, -0.1) is 0 Å². The van der Waals surface area contributed by atoms with E-state index < -0.39 is 0 Å². The Morgan fingerprint density at radius 1 is 1.04 bits per heavy atom. The zero-order chi connectivity index (χ0) is 16.2. The first-order valence-electron chi connectivity index (χ1n) is 8.76. The van der Waals surface area contributed by atoms with Crippen LogP contribution in [0.2, 0.25) is 0 Å². The van der Waals surface area contributed by atoms with E-state index in [4.69, 9.17) is 9.47 Å². The third-order valence-electron chi connectivity index (χ3n) is 5.03. The lowest BCUT2D eigenvalue weighted by Crippen LogP contribution is -2.45. The molecule has 4 heteroatoms. The Bertz CT molecular complexity index is 533. The van der Waals surface area contributed by atoms with Crippen LogP contribution in [0.5, 0.6) is 11.5 Å². The molecular formula is C19H27NO3. The van der Waals surface area contributed by atoms with E-state index in [2.05, 4.69) is 11.8 Å². The van der Waals surface area contributed by atoms with Crippen molar-refractivity contribution < 1.29 is 14.3 Å². The van der Waals surface area contributed by atoms with Gasteiger partial charge in [-0.25, -0.2) is 0 Å². The van der Waals surface area contributed by atoms with E-state index in [0.717, 1.165) is 31.6 Å². The monoisotopic (exact) mass is 317 g/mol. The second kappa shape index (κ2) is 7.24. The maximum atomic E-state index is 12.7. The van der Waals surface area contributed by atoms with E-state index in [1.807, 2.05) is 24.3 Å². The predicted octanol–water partition coefficient (Wildman–Crippen LogP) is 3.64. The predicted molar refractivity (Wildman–Crippen MR) is 89.8 cm³/mol. The standard InChI is InChI=1S/C19H27NO3/c1-14-7-9-15(10-8-14)20(16-11-12-16)19(21)13-23-18-6-4-3-5-17(18)22-2/h3-6,14-16H,7-13H2,1-2H3. The summed E-state index contributed by atoms with van der Waals surface area (Å²) in [7, 11) is 1.61. The van der Waals surface area contributed by atoms with Crippen molar-refractivity contribution in [3.8, 4) is 11.5 Å². The fourth-order valence-corrected chi connectivity index (χ4v) is 3.53. The van der Waals surface area contributed by atoms with Crippen LogP contribution in [0.25, 0.3) is 0 Å². The summed E-state index contributed by atoms with van der Waals surface area (Å²) in [6.45, 7) is 2.41. The van der Waals surface area contributed by atoms with Crippen molar-refractivity contribution in [1.82, 2.24) is 4.90 Å². The molecule has 0 aliphatic heterocycles. The number of hydrogen-bond donors (Lipinski definition) is 0. The van der Waals surface area contributed by atoms with Gasteiger partial charge in [0.05, 0.1) is 7.11 Å². The molecule has 0 N–H and O–H groups in total. The van der Waals surface area contributed by atoms with E-state index in [1.54, 1.807) is 7.11 Å². The molecule has 0 radical (unpaired) electrons. The number of rotatable bonds is 6. The highest BCUT2D eigenvalue weighted by Crippen LogP contribution is 2.35. The average Bonchev–Trinajstić information content (AvgIpc) is 3.40. The summed E-state index contributed by atoms with van der Waals surface area (Å²) in [4.78, 5) is 14.9. The van der Waals surface area contributed by atoms with Crippen LogP contribution < -0.4 is 9.47 Å². The van der Waals surface area contributed by atoms with E-state index >= 15 is 0 Å². The minimum absolute atomic E-state index is 0.100. The largest absolute Gasteiger partial charge is 0.493 e. The first kappa shape index (κ1) is 16.2. The van der Waals surface area contributed by atoms with Crippen LogP contribution in [0.4, 0.5) is 0 Å². The first-order valence-corrected chi connectivity index (χ1v) is 8.76. The summed E-state index contributed by atoms with van der Waals surface area (Å²) in [6, 6.07) is 8.34. The summed E-state index contributed by atoms with van der Waals surface area (Å²) >= 11 is 0. The third-order valence-corrected chi connectivity index (χ3v) is 5.03. The van der Waals surface area contributed by atoms with E-state index in [-0.39, 0.29) is 12.5 Å². The lowest BCUT2D eigenvalue weighted by atomic mass is 9.86. The fraction of sp³-hybridized carbons (Fsp3) is 0.632. The van der Waals surface area contributed by atoms with Crippen LogP contribution in [-0.2, 0) is 4.79 Å². The van der Waals surface area contributed by atoms with Gasteiger partial charge in [0, 0.05) is 12.1 Å². The normalized spacial score (nSPS) is 24.1. The lowest BCUT2D eigenvalue weighted by molar-refractivity contribution is -0.137. The third kappa shape index (κ3) is 3.98. The van der Waals surface area contributed by atoms with Crippen LogP contribution in [0.15, 0.2) is 24.3 Å². The number of carbonyl (C=O) groups excluding carboxylic acids is 1. The molecule has 0 atom stereocenters. The number of carbonyl (C=O) groups is 1. The summed E-state index contributed by atoms with van der Waals surface area (Å²) in [5, 5.41) is 0. The molecule has 0 unspecified atom stereocenters. The van der Waals surface area contributed by atoms with Crippen LogP contribution in [-0.4, -0.2) is 36.6 Å². The van der Waals surface area contributed by atoms with Crippen LogP contribution in [0, 0.1) is 5.92 Å². The Morgan fingerprint density at radius 2 is 1.61 bits per heavy atom. The van der Waals surface area contributed by atoms with E-state index in [1.165, 1.54) is 12.8 Å². The van der Waals surface area contributed by atoms with Crippen molar-refractivity contribution in [3.63, 3.8) is 0 Å². The van der Waals surface area contributed by atoms with Crippen molar-refractivity contribution >= 4 is 5.91 Å². The SMILES string of the molecule is COc1ccccc1OCC(=O)N(C1CCC(C)CC1)C1CC1. The molecule has 23 heavy (non-hydrogen) atoms. The zero-order valence-corrected chi connectivity index (χ0v) is 14.2. The highest BCUT2D eigenvalue weighted by molar-refractivity contribution is 5.79. The summed E-state index contributed by atoms with van der Waals surface area (Å²) in [5.74, 6) is 2.23. The second-order valence-corrected chi connectivity index (χ2v) is 6.89. The lowest BCUT2D eigenvalue weighted by Gasteiger charge is -2.36. The maximum Gasteiger partial charge on any atom is 0.261 e. The van der Waals surface area contributed by atoms with Crippen molar-refractivity contribution in [2.75, 3.05) is 13.7 Å². The van der Waals surface area contributed by atoms with Gasteiger partial charge in [-0.2, -0.15) is 0 Å². The Labute approximate surface area is 138 Å². The molecule has 2 aliphatic rings. The minimum atomic E-state index is 0.100. The van der Waals surface area contributed by atoms with Gasteiger partial charge >= 0.3 is 0 Å². The van der Waals surface area contributed by atoms with Gasteiger partial charge < -0.3 is 14.4 Å². The van der Waals surface area contributed by atoms with Crippen molar-refractivity contribution in [1.29, 1.82) is 0 Å².